The van der Waals surface area contributed by atoms with Crippen molar-refractivity contribution in [3.05, 3.63) is 22.5 Å². The number of hydrogen-bond donors (Lipinski definition) is 4. The average molecular weight is 394 g/mol. The number of thioether (sulfide) groups is 1. The summed E-state index contributed by atoms with van der Waals surface area (Å²) in [5.74, 6) is 0.0507. The number of carbonyl (C=O) groups excluding carboxylic acids is 2. The van der Waals surface area contributed by atoms with Crippen LogP contribution in [0.1, 0.15) is 6.92 Å². The van der Waals surface area contributed by atoms with E-state index in [1.807, 2.05) is 4.90 Å². The van der Waals surface area contributed by atoms with Crippen molar-refractivity contribution in [2.45, 2.75) is 29.7 Å². The number of nitrogens with one attached hydrogen (secondary N) is 2. The van der Waals surface area contributed by atoms with Crippen LogP contribution in [0.2, 0.25) is 0 Å². The highest BCUT2D eigenvalue weighted by molar-refractivity contribution is 8.01. The molecule has 1 aliphatic carbocycles. The van der Waals surface area contributed by atoms with E-state index in [0.29, 0.717) is 41.4 Å². The van der Waals surface area contributed by atoms with Crippen LogP contribution in [0.5, 0.6) is 0 Å². The number of fused-ring (bicyclic) bond motifs is 6. The minimum atomic E-state index is -1.38. The van der Waals surface area contributed by atoms with Gasteiger partial charge in [0.2, 0.25) is 5.78 Å². The molecule has 0 saturated carbocycles. The third-order valence-electron chi connectivity index (χ3n) is 6.38. The van der Waals surface area contributed by atoms with E-state index in [4.69, 9.17) is 15.2 Å². The fourth-order valence-corrected chi connectivity index (χ4v) is 6.55. The first kappa shape index (κ1) is 17.4. The minimum absolute atomic E-state index is 0.00344. The van der Waals surface area contributed by atoms with Crippen LogP contribution in [0.4, 0.5) is 4.79 Å². The van der Waals surface area contributed by atoms with Crippen LogP contribution in [0, 0.1) is 5.92 Å². The highest BCUT2D eigenvalue weighted by atomic mass is 32.2. The van der Waals surface area contributed by atoms with E-state index >= 15 is 0 Å². The lowest BCUT2D eigenvalue weighted by molar-refractivity contribution is -0.136. The smallest absolute Gasteiger partial charge is 0.404 e. The summed E-state index contributed by atoms with van der Waals surface area (Å²) < 4.78 is 11.2. The summed E-state index contributed by atoms with van der Waals surface area (Å²) in [6, 6.07) is 0.205. The van der Waals surface area contributed by atoms with Crippen LogP contribution >= 0.6 is 11.8 Å². The first-order chi connectivity index (χ1) is 12.9. The molecule has 0 aromatic heterocycles. The van der Waals surface area contributed by atoms with Crippen LogP contribution in [0.3, 0.4) is 0 Å². The van der Waals surface area contributed by atoms with Gasteiger partial charge in [-0.05, 0) is 6.92 Å². The molecule has 5 atom stereocenters. The van der Waals surface area contributed by atoms with Crippen molar-refractivity contribution >= 4 is 23.6 Å². The fraction of sp³-hybridized carbons (Fsp3) is 0.647. The van der Waals surface area contributed by atoms with E-state index in [9.17, 15) is 14.7 Å². The van der Waals surface area contributed by atoms with Crippen molar-refractivity contribution < 1.29 is 24.2 Å². The molecule has 1 unspecified atom stereocenters. The number of nitrogens with two attached hydrogens (primary N) is 1. The number of allylic oxidation sites excluding steroid dienone is 1. The van der Waals surface area contributed by atoms with Crippen molar-refractivity contribution in [3.8, 4) is 0 Å². The van der Waals surface area contributed by atoms with Gasteiger partial charge in [-0.25, -0.2) is 4.79 Å². The lowest BCUT2D eigenvalue weighted by atomic mass is 9.81. The minimum Gasteiger partial charge on any atom is -0.449 e. The number of aliphatic hydroxyl groups is 1. The fourth-order valence-electron chi connectivity index (χ4n) is 5.28. The molecule has 4 heterocycles. The van der Waals surface area contributed by atoms with Gasteiger partial charge >= 0.3 is 6.09 Å². The Hall–Kier alpha value is -1.75. The maximum Gasteiger partial charge on any atom is 0.404 e. The zero-order valence-corrected chi connectivity index (χ0v) is 15.9. The Morgan fingerprint density at radius 2 is 2.30 bits per heavy atom. The normalized spacial score (nSPS) is 41.7. The van der Waals surface area contributed by atoms with E-state index in [1.165, 1.54) is 11.8 Å². The lowest BCUT2D eigenvalue weighted by Gasteiger charge is -2.42. The van der Waals surface area contributed by atoms with Gasteiger partial charge in [0.1, 0.15) is 6.61 Å². The third-order valence-corrected chi connectivity index (χ3v) is 7.63. The van der Waals surface area contributed by atoms with E-state index in [-0.39, 0.29) is 24.5 Å². The summed E-state index contributed by atoms with van der Waals surface area (Å²) in [7, 11) is 1.59. The van der Waals surface area contributed by atoms with Crippen LogP contribution in [0.25, 0.3) is 0 Å². The Balaban J connectivity index is 1.69. The van der Waals surface area contributed by atoms with Crippen molar-refractivity contribution in [3.63, 3.8) is 0 Å². The van der Waals surface area contributed by atoms with Gasteiger partial charge in [0, 0.05) is 43.1 Å². The van der Waals surface area contributed by atoms with Crippen LogP contribution in [-0.4, -0.2) is 77.2 Å². The third kappa shape index (κ3) is 1.96. The van der Waals surface area contributed by atoms with Gasteiger partial charge in [0.05, 0.1) is 23.4 Å². The molecule has 27 heavy (non-hydrogen) atoms. The number of ether oxygens (including phenoxy) is 2. The summed E-state index contributed by atoms with van der Waals surface area (Å²) in [4.78, 5) is 25.2. The molecule has 3 fully saturated rings. The second-order valence-corrected chi connectivity index (χ2v) is 8.80. The van der Waals surface area contributed by atoms with E-state index in [1.54, 1.807) is 14.0 Å². The van der Waals surface area contributed by atoms with Gasteiger partial charge in [0.25, 0.3) is 0 Å². The van der Waals surface area contributed by atoms with Crippen molar-refractivity contribution in [1.29, 1.82) is 0 Å². The predicted molar refractivity (Wildman–Crippen MR) is 96.3 cm³/mol. The molecular weight excluding hydrogens is 372 g/mol. The number of methoxy groups -OCH3 is 1. The predicted octanol–water partition coefficient (Wildman–Crippen LogP) is -1.15. The zero-order chi connectivity index (χ0) is 19.1. The molecule has 146 valence electrons. The molecule has 0 aromatic carbocycles. The Kier molecular flexibility index (Phi) is 3.47. The van der Waals surface area contributed by atoms with Gasteiger partial charge in [-0.1, -0.05) is 0 Å². The number of rotatable bonds is 3. The van der Waals surface area contributed by atoms with Gasteiger partial charge in [-0.3, -0.25) is 4.79 Å². The quantitative estimate of drug-likeness (QED) is 0.437. The molecule has 0 radical (unpaired) electrons. The average Bonchev–Trinajstić information content (AvgIpc) is 3.24. The summed E-state index contributed by atoms with van der Waals surface area (Å²) >= 11 is 1.38. The monoisotopic (exact) mass is 394 g/mol. The molecule has 9 nitrogen and oxygen atoms in total. The maximum atomic E-state index is 13.3. The number of amides is 1. The molecule has 0 aromatic rings. The molecule has 4 aliphatic heterocycles. The van der Waals surface area contributed by atoms with Crippen LogP contribution < -0.4 is 16.4 Å². The molecule has 0 spiro atoms. The van der Waals surface area contributed by atoms with E-state index in [0.717, 1.165) is 0 Å². The van der Waals surface area contributed by atoms with Gasteiger partial charge in [0.15, 0.2) is 10.7 Å². The molecule has 10 heteroatoms. The van der Waals surface area contributed by atoms with Gasteiger partial charge in [-0.15, -0.1) is 11.8 Å². The number of carbonyl (C=O) groups is 2. The molecule has 5 N–H and O–H groups in total. The van der Waals surface area contributed by atoms with Gasteiger partial charge < -0.3 is 35.8 Å². The first-order valence-electron chi connectivity index (χ1n) is 8.98. The van der Waals surface area contributed by atoms with E-state index < -0.39 is 22.7 Å². The van der Waals surface area contributed by atoms with Crippen molar-refractivity contribution in [2.24, 2.45) is 11.7 Å². The Morgan fingerprint density at radius 3 is 3.00 bits per heavy atom. The largest absolute Gasteiger partial charge is 0.449 e. The number of piperazine rings is 1. The van der Waals surface area contributed by atoms with Crippen LogP contribution in [-0.2, 0) is 14.3 Å². The second-order valence-electron chi connectivity index (χ2n) is 7.51. The Morgan fingerprint density at radius 1 is 1.52 bits per heavy atom. The summed E-state index contributed by atoms with van der Waals surface area (Å²) in [5.41, 5.74) is 6.40. The summed E-state index contributed by atoms with van der Waals surface area (Å²) in [6.07, 6.45) is -0.893. The molecule has 0 bridgehead atoms. The Labute approximate surface area is 160 Å². The molecular formula is C17H22N4O5S. The zero-order valence-electron chi connectivity index (χ0n) is 15.1. The molecule has 1 amide bonds. The molecule has 3 saturated heterocycles. The lowest BCUT2D eigenvalue weighted by Crippen LogP contribution is -2.56. The number of nitrogens with zero attached hydrogens (tertiary/aromatic N) is 1. The summed E-state index contributed by atoms with van der Waals surface area (Å²) in [6.45, 7) is 2.95. The summed E-state index contributed by atoms with van der Waals surface area (Å²) in [5, 5.41) is 18.3. The van der Waals surface area contributed by atoms with Crippen molar-refractivity contribution in [1.82, 2.24) is 15.5 Å². The number of Topliss-reactive ketones (excluding diaryl/α,β-unsaturated/α-hetero) is 1. The van der Waals surface area contributed by atoms with Crippen LogP contribution in [0.15, 0.2) is 22.5 Å². The standard InChI is InChI=1S/C17H22N4O5S/c1-7-12(22)11-10(17(24)13(7)19-3-4-27-17)8(6-26-15(18)23)16(25-2)14-9(20-14)5-21(11)16/h8-9,14,19-20,24H,3-6H2,1-2H3,(H2,18,23)/t8-,9+,14+,16-,17?/m1/s1. The van der Waals surface area contributed by atoms with Gasteiger partial charge in [-0.2, -0.15) is 0 Å². The second kappa shape index (κ2) is 5.40. The van der Waals surface area contributed by atoms with E-state index in [2.05, 4.69) is 10.6 Å². The number of ketones is 1. The molecule has 5 aliphatic rings. The highest BCUT2D eigenvalue weighted by Gasteiger charge is 2.74. The maximum absolute atomic E-state index is 13.3. The SMILES string of the molecule is CO[C@@]12[C@H](COC(N)=O)C3=C(C(=O)C(C)=C4NCCSC43O)N1C[C@@H]1N[C@@H]12. The van der Waals surface area contributed by atoms with Crippen molar-refractivity contribution in [2.75, 3.05) is 32.6 Å². The number of primary amides is 1. The molecule has 5 rings (SSSR count). The first-order valence-corrected chi connectivity index (χ1v) is 9.96. The Bertz CT molecular complexity index is 828. The topological polar surface area (TPSA) is 136 Å². The highest BCUT2D eigenvalue weighted by Crippen LogP contribution is 2.60. The number of hydrogen-bond acceptors (Lipinski definition) is 9.